The van der Waals surface area contributed by atoms with Gasteiger partial charge in [0, 0.05) is 24.8 Å². The third-order valence-electron chi connectivity index (χ3n) is 3.91. The van der Waals surface area contributed by atoms with Crippen molar-refractivity contribution in [3.63, 3.8) is 0 Å². The molecule has 5 heteroatoms. The Bertz CT molecular complexity index is 637. The zero-order valence-electron chi connectivity index (χ0n) is 13.8. The lowest BCUT2D eigenvalue weighted by Gasteiger charge is -2.27. The van der Waals surface area contributed by atoms with Crippen LogP contribution in [0.1, 0.15) is 23.7 Å². The Morgan fingerprint density at radius 2 is 1.87 bits per heavy atom. The molecular formula is C18H23N3O2. The molecule has 122 valence electrons. The average Bonchev–Trinajstić information content (AvgIpc) is 2.61. The summed E-state index contributed by atoms with van der Waals surface area (Å²) in [6, 6.07) is 10.3. The number of ether oxygens (including phenoxy) is 2. The summed E-state index contributed by atoms with van der Waals surface area (Å²) in [6.45, 7) is 7.78. The van der Waals surface area contributed by atoms with Crippen LogP contribution in [-0.2, 0) is 17.8 Å². The standard InChI is InChI=1S/C18H23N3O2/c1-3-16-12-17(23-13-15-6-4-14(2)5-7-15)20-18(19-16)21-8-10-22-11-9-21/h4-7,12H,3,8-11,13H2,1-2H3. The second-order valence-corrected chi connectivity index (χ2v) is 5.72. The van der Waals surface area contributed by atoms with Gasteiger partial charge in [-0.05, 0) is 18.9 Å². The first-order chi connectivity index (χ1) is 11.2. The monoisotopic (exact) mass is 313 g/mol. The van der Waals surface area contributed by atoms with Gasteiger partial charge in [0.05, 0.1) is 13.2 Å². The van der Waals surface area contributed by atoms with Crippen molar-refractivity contribution in [2.24, 2.45) is 0 Å². The number of aromatic nitrogens is 2. The number of benzene rings is 1. The Kier molecular flexibility index (Phi) is 5.08. The molecule has 0 spiro atoms. The van der Waals surface area contributed by atoms with E-state index in [1.807, 2.05) is 6.07 Å². The Balaban J connectivity index is 1.73. The van der Waals surface area contributed by atoms with Crippen molar-refractivity contribution in [1.82, 2.24) is 9.97 Å². The van der Waals surface area contributed by atoms with E-state index in [2.05, 4.69) is 53.0 Å². The number of hydrogen-bond acceptors (Lipinski definition) is 5. The fraction of sp³-hybridized carbons (Fsp3) is 0.444. The first kappa shape index (κ1) is 15.7. The van der Waals surface area contributed by atoms with Crippen molar-refractivity contribution >= 4 is 5.95 Å². The molecule has 0 N–H and O–H groups in total. The van der Waals surface area contributed by atoms with E-state index >= 15 is 0 Å². The minimum Gasteiger partial charge on any atom is -0.473 e. The molecule has 1 aliphatic rings. The average molecular weight is 313 g/mol. The lowest BCUT2D eigenvalue weighted by molar-refractivity contribution is 0.122. The van der Waals surface area contributed by atoms with Crippen LogP contribution < -0.4 is 9.64 Å². The smallest absolute Gasteiger partial charge is 0.229 e. The molecule has 1 aromatic heterocycles. The van der Waals surface area contributed by atoms with E-state index in [9.17, 15) is 0 Å². The van der Waals surface area contributed by atoms with Gasteiger partial charge < -0.3 is 14.4 Å². The zero-order valence-corrected chi connectivity index (χ0v) is 13.8. The fourth-order valence-corrected chi connectivity index (χ4v) is 2.46. The van der Waals surface area contributed by atoms with Crippen LogP contribution in [0.4, 0.5) is 5.95 Å². The molecule has 1 aliphatic heterocycles. The van der Waals surface area contributed by atoms with Crippen molar-refractivity contribution in [2.45, 2.75) is 26.9 Å². The van der Waals surface area contributed by atoms with Crippen molar-refractivity contribution in [2.75, 3.05) is 31.2 Å². The van der Waals surface area contributed by atoms with Crippen LogP contribution in [0.5, 0.6) is 5.88 Å². The maximum absolute atomic E-state index is 5.90. The molecule has 0 atom stereocenters. The lowest BCUT2D eigenvalue weighted by Crippen LogP contribution is -2.37. The molecular weight excluding hydrogens is 290 g/mol. The minimum atomic E-state index is 0.517. The third kappa shape index (κ3) is 4.20. The van der Waals surface area contributed by atoms with Gasteiger partial charge in [0.15, 0.2) is 0 Å². The minimum absolute atomic E-state index is 0.517. The summed E-state index contributed by atoms with van der Waals surface area (Å²) >= 11 is 0. The van der Waals surface area contributed by atoms with Crippen molar-refractivity contribution < 1.29 is 9.47 Å². The number of nitrogens with zero attached hydrogens (tertiary/aromatic N) is 3. The zero-order chi connectivity index (χ0) is 16.1. The Morgan fingerprint density at radius 3 is 2.57 bits per heavy atom. The molecule has 2 aromatic rings. The van der Waals surface area contributed by atoms with E-state index in [0.29, 0.717) is 12.5 Å². The molecule has 1 saturated heterocycles. The maximum Gasteiger partial charge on any atom is 0.229 e. The Hall–Kier alpha value is -2.14. The number of hydrogen-bond donors (Lipinski definition) is 0. The second-order valence-electron chi connectivity index (χ2n) is 5.72. The van der Waals surface area contributed by atoms with Crippen LogP contribution in [0.15, 0.2) is 30.3 Å². The summed E-state index contributed by atoms with van der Waals surface area (Å²) in [5, 5.41) is 0. The summed E-state index contributed by atoms with van der Waals surface area (Å²) in [5.74, 6) is 1.38. The van der Waals surface area contributed by atoms with Gasteiger partial charge in [-0.15, -0.1) is 0 Å². The number of rotatable bonds is 5. The largest absolute Gasteiger partial charge is 0.473 e. The van der Waals surface area contributed by atoms with Gasteiger partial charge in [-0.25, -0.2) is 4.98 Å². The third-order valence-corrected chi connectivity index (χ3v) is 3.91. The molecule has 23 heavy (non-hydrogen) atoms. The van der Waals surface area contributed by atoms with Crippen LogP contribution in [0.2, 0.25) is 0 Å². The van der Waals surface area contributed by atoms with Gasteiger partial charge in [0.2, 0.25) is 11.8 Å². The van der Waals surface area contributed by atoms with E-state index in [0.717, 1.165) is 49.9 Å². The highest BCUT2D eigenvalue weighted by Gasteiger charge is 2.15. The molecule has 1 aromatic carbocycles. The Morgan fingerprint density at radius 1 is 1.13 bits per heavy atom. The van der Waals surface area contributed by atoms with Gasteiger partial charge in [0.1, 0.15) is 6.61 Å². The van der Waals surface area contributed by atoms with Crippen LogP contribution >= 0.6 is 0 Å². The lowest BCUT2D eigenvalue weighted by atomic mass is 10.2. The molecule has 0 aliphatic carbocycles. The number of aryl methyl sites for hydroxylation is 2. The molecule has 1 fully saturated rings. The summed E-state index contributed by atoms with van der Waals surface area (Å²) in [4.78, 5) is 11.4. The molecule has 0 bridgehead atoms. The highest BCUT2D eigenvalue weighted by atomic mass is 16.5. The van der Waals surface area contributed by atoms with Crippen molar-refractivity contribution in [1.29, 1.82) is 0 Å². The highest BCUT2D eigenvalue weighted by Crippen LogP contribution is 2.18. The van der Waals surface area contributed by atoms with Gasteiger partial charge >= 0.3 is 0 Å². The van der Waals surface area contributed by atoms with Crippen LogP contribution in [0.25, 0.3) is 0 Å². The Labute approximate surface area is 137 Å². The second kappa shape index (κ2) is 7.42. The van der Waals surface area contributed by atoms with Crippen LogP contribution in [0.3, 0.4) is 0 Å². The van der Waals surface area contributed by atoms with Crippen molar-refractivity contribution in [3.05, 3.63) is 47.2 Å². The van der Waals surface area contributed by atoms with E-state index in [1.54, 1.807) is 0 Å². The molecule has 0 radical (unpaired) electrons. The van der Waals surface area contributed by atoms with E-state index in [4.69, 9.17) is 9.47 Å². The molecule has 3 rings (SSSR count). The SMILES string of the molecule is CCc1cc(OCc2ccc(C)cc2)nc(N2CCOCC2)n1. The van der Waals surface area contributed by atoms with Gasteiger partial charge in [-0.3, -0.25) is 0 Å². The van der Waals surface area contributed by atoms with E-state index < -0.39 is 0 Å². The van der Waals surface area contributed by atoms with Crippen molar-refractivity contribution in [3.8, 4) is 5.88 Å². The van der Waals surface area contributed by atoms with Gasteiger partial charge in [-0.1, -0.05) is 36.8 Å². The number of anilines is 1. The quantitative estimate of drug-likeness (QED) is 0.849. The molecule has 0 saturated carbocycles. The molecule has 5 nitrogen and oxygen atoms in total. The molecule has 0 unspecified atom stereocenters. The molecule has 0 amide bonds. The predicted molar refractivity (Wildman–Crippen MR) is 90.0 cm³/mol. The molecule has 2 heterocycles. The fourth-order valence-electron chi connectivity index (χ4n) is 2.46. The van der Waals surface area contributed by atoms with E-state index in [1.165, 1.54) is 5.56 Å². The normalized spacial score (nSPS) is 14.8. The first-order valence-electron chi connectivity index (χ1n) is 8.13. The predicted octanol–water partition coefficient (Wildman–Crippen LogP) is 2.76. The summed E-state index contributed by atoms with van der Waals surface area (Å²) < 4.78 is 11.3. The van der Waals surface area contributed by atoms with Gasteiger partial charge in [0.25, 0.3) is 0 Å². The van der Waals surface area contributed by atoms with Crippen LogP contribution in [0, 0.1) is 6.92 Å². The van der Waals surface area contributed by atoms with E-state index in [-0.39, 0.29) is 0 Å². The topological polar surface area (TPSA) is 47.5 Å². The summed E-state index contributed by atoms with van der Waals surface area (Å²) in [5.41, 5.74) is 3.39. The number of morpholine rings is 1. The summed E-state index contributed by atoms with van der Waals surface area (Å²) in [7, 11) is 0. The maximum atomic E-state index is 5.90. The summed E-state index contributed by atoms with van der Waals surface area (Å²) in [6.07, 6.45) is 0.862. The van der Waals surface area contributed by atoms with Gasteiger partial charge in [-0.2, -0.15) is 4.98 Å². The highest BCUT2D eigenvalue weighted by molar-refractivity contribution is 5.35. The first-order valence-corrected chi connectivity index (χ1v) is 8.13. The van der Waals surface area contributed by atoms with Crippen LogP contribution in [-0.4, -0.2) is 36.3 Å².